The molecule has 9 heteroatoms. The van der Waals surface area contributed by atoms with Crippen LogP contribution in [-0.2, 0) is 12.0 Å². The highest BCUT2D eigenvalue weighted by Gasteiger charge is 2.23. The smallest absolute Gasteiger partial charge is 0.232 e. The highest BCUT2D eigenvalue weighted by molar-refractivity contribution is 14.0. The number of nitrogens with zero attached hydrogens (tertiary/aromatic N) is 4. The summed E-state index contributed by atoms with van der Waals surface area (Å²) in [6.07, 6.45) is 2.18. The van der Waals surface area contributed by atoms with Gasteiger partial charge < -0.3 is 20.1 Å². The fourth-order valence-electron chi connectivity index (χ4n) is 3.31. The first-order chi connectivity index (χ1) is 13.9. The van der Waals surface area contributed by atoms with Gasteiger partial charge in [-0.25, -0.2) is 4.99 Å². The van der Waals surface area contributed by atoms with Crippen molar-refractivity contribution in [1.82, 2.24) is 20.8 Å². The third-order valence-corrected chi connectivity index (χ3v) is 5.11. The van der Waals surface area contributed by atoms with Gasteiger partial charge in [0.15, 0.2) is 11.8 Å². The van der Waals surface area contributed by atoms with Crippen LogP contribution in [0, 0.1) is 0 Å². The number of piperidine rings is 1. The van der Waals surface area contributed by atoms with Crippen molar-refractivity contribution in [3.05, 3.63) is 41.0 Å². The van der Waals surface area contributed by atoms with Crippen LogP contribution in [0.4, 0.5) is 5.69 Å². The van der Waals surface area contributed by atoms with Crippen molar-refractivity contribution in [2.45, 2.75) is 58.5 Å². The first-order valence-electron chi connectivity index (χ1n) is 10.2. The summed E-state index contributed by atoms with van der Waals surface area (Å²) in [6.45, 7) is 11.2. The van der Waals surface area contributed by atoms with Gasteiger partial charge in [0.1, 0.15) is 6.54 Å². The lowest BCUT2D eigenvalue weighted by Gasteiger charge is -2.35. The van der Waals surface area contributed by atoms with E-state index in [-0.39, 0.29) is 35.4 Å². The minimum absolute atomic E-state index is 0. The Bertz CT molecular complexity index is 835. The number of aromatic nitrogens is 2. The van der Waals surface area contributed by atoms with Gasteiger partial charge in [0, 0.05) is 31.1 Å². The molecule has 0 spiro atoms. The molecule has 1 aromatic heterocycles. The first-order valence-corrected chi connectivity index (χ1v) is 10.6. The van der Waals surface area contributed by atoms with Gasteiger partial charge in [-0.05, 0) is 31.9 Å². The molecule has 2 heterocycles. The number of halogens is 2. The Morgan fingerprint density at radius 3 is 2.77 bits per heavy atom. The molecule has 2 N–H and O–H groups in total. The fourth-order valence-corrected chi connectivity index (χ4v) is 3.56. The van der Waals surface area contributed by atoms with E-state index < -0.39 is 0 Å². The van der Waals surface area contributed by atoms with Gasteiger partial charge in [-0.1, -0.05) is 49.7 Å². The van der Waals surface area contributed by atoms with E-state index in [1.807, 2.05) is 39.0 Å². The van der Waals surface area contributed by atoms with E-state index in [1.165, 1.54) is 0 Å². The molecule has 7 nitrogen and oxygen atoms in total. The number of hydrogen-bond acceptors (Lipinski definition) is 5. The highest BCUT2D eigenvalue weighted by atomic mass is 127. The Hall–Kier alpha value is -1.55. The predicted molar refractivity (Wildman–Crippen MR) is 133 cm³/mol. The Labute approximate surface area is 201 Å². The molecular formula is C21H32ClIN6O. The summed E-state index contributed by atoms with van der Waals surface area (Å²) in [5.41, 5.74) is 0.922. The van der Waals surface area contributed by atoms with Crippen LogP contribution in [-0.4, -0.2) is 41.8 Å². The number of hydrogen-bond donors (Lipinski definition) is 2. The van der Waals surface area contributed by atoms with Crippen molar-refractivity contribution < 1.29 is 4.52 Å². The number of rotatable bonds is 5. The largest absolute Gasteiger partial charge is 0.368 e. The zero-order chi connectivity index (χ0) is 20.9. The van der Waals surface area contributed by atoms with Crippen LogP contribution >= 0.6 is 35.6 Å². The molecule has 1 aliphatic rings. The summed E-state index contributed by atoms with van der Waals surface area (Å²) in [7, 11) is 0. The lowest BCUT2D eigenvalue weighted by atomic mass is 9.97. The minimum Gasteiger partial charge on any atom is -0.368 e. The Morgan fingerprint density at radius 2 is 2.10 bits per heavy atom. The zero-order valence-electron chi connectivity index (χ0n) is 18.1. The maximum Gasteiger partial charge on any atom is 0.232 e. The summed E-state index contributed by atoms with van der Waals surface area (Å²) < 4.78 is 5.36. The van der Waals surface area contributed by atoms with Crippen molar-refractivity contribution in [3.63, 3.8) is 0 Å². The van der Waals surface area contributed by atoms with E-state index >= 15 is 0 Å². The van der Waals surface area contributed by atoms with Crippen LogP contribution in [0.1, 0.15) is 52.3 Å². The molecule has 0 amide bonds. The number of nitrogens with one attached hydrogen (secondary N) is 2. The van der Waals surface area contributed by atoms with E-state index in [9.17, 15) is 0 Å². The standard InChI is InChI=1S/C21H31ClN6O.HI/c1-5-23-20(24-13-18-26-19(29-27-18)21(2,3)4)25-15-9-8-12-28(14-15)17-11-7-6-10-16(17)22;/h6-7,10-11,15H,5,8-9,12-14H2,1-4H3,(H2,23,24,25);1H. The molecule has 0 aliphatic carbocycles. The van der Waals surface area contributed by atoms with Crippen molar-refractivity contribution in [3.8, 4) is 0 Å². The summed E-state index contributed by atoms with van der Waals surface area (Å²) in [6, 6.07) is 8.29. The van der Waals surface area contributed by atoms with Crippen LogP contribution < -0.4 is 15.5 Å². The van der Waals surface area contributed by atoms with Crippen molar-refractivity contribution >= 4 is 47.2 Å². The quantitative estimate of drug-likeness (QED) is 0.330. The highest BCUT2D eigenvalue weighted by Crippen LogP contribution is 2.27. The molecule has 1 unspecified atom stereocenters. The van der Waals surface area contributed by atoms with Gasteiger partial charge in [0.2, 0.25) is 5.89 Å². The van der Waals surface area contributed by atoms with Crippen LogP contribution in [0.5, 0.6) is 0 Å². The van der Waals surface area contributed by atoms with E-state index in [0.29, 0.717) is 18.3 Å². The second-order valence-corrected chi connectivity index (χ2v) is 8.75. The summed E-state index contributed by atoms with van der Waals surface area (Å²) in [4.78, 5) is 11.4. The normalized spacial score (nSPS) is 17.4. The average Bonchev–Trinajstić information content (AvgIpc) is 3.16. The Balaban J connectivity index is 0.00000320. The van der Waals surface area contributed by atoms with Crippen LogP contribution in [0.15, 0.2) is 33.8 Å². The molecule has 0 radical (unpaired) electrons. The molecule has 1 saturated heterocycles. The second-order valence-electron chi connectivity index (χ2n) is 8.34. The zero-order valence-corrected chi connectivity index (χ0v) is 21.2. The topological polar surface area (TPSA) is 78.6 Å². The van der Waals surface area contributed by atoms with E-state index in [0.717, 1.165) is 49.1 Å². The number of benzene rings is 1. The van der Waals surface area contributed by atoms with Crippen LogP contribution in [0.2, 0.25) is 5.02 Å². The number of aliphatic imine (C=N–C) groups is 1. The van der Waals surface area contributed by atoms with Gasteiger partial charge >= 0.3 is 0 Å². The molecule has 1 aromatic carbocycles. The monoisotopic (exact) mass is 546 g/mol. The van der Waals surface area contributed by atoms with Gasteiger partial charge in [-0.3, -0.25) is 0 Å². The first kappa shape index (κ1) is 24.7. The molecule has 1 atom stereocenters. The number of para-hydroxylation sites is 1. The predicted octanol–water partition coefficient (Wildman–Crippen LogP) is 4.36. The van der Waals surface area contributed by atoms with Crippen LogP contribution in [0.25, 0.3) is 0 Å². The Morgan fingerprint density at radius 1 is 1.33 bits per heavy atom. The minimum atomic E-state index is -0.165. The Kier molecular flexibility index (Phi) is 9.21. The maximum absolute atomic E-state index is 6.39. The summed E-state index contributed by atoms with van der Waals surface area (Å²) >= 11 is 6.39. The van der Waals surface area contributed by atoms with Crippen molar-refractivity contribution in [2.24, 2.45) is 4.99 Å². The lowest BCUT2D eigenvalue weighted by Crippen LogP contribution is -2.51. The maximum atomic E-state index is 6.39. The fraction of sp³-hybridized carbons (Fsp3) is 0.571. The summed E-state index contributed by atoms with van der Waals surface area (Å²) in [5.74, 6) is 1.98. The van der Waals surface area contributed by atoms with Gasteiger partial charge in [0.05, 0.1) is 10.7 Å². The number of anilines is 1. The second kappa shape index (κ2) is 11.2. The third-order valence-electron chi connectivity index (χ3n) is 4.79. The molecule has 2 aromatic rings. The molecule has 1 fully saturated rings. The molecular weight excluding hydrogens is 515 g/mol. The van der Waals surface area contributed by atoms with Crippen molar-refractivity contribution in [2.75, 3.05) is 24.5 Å². The molecule has 1 aliphatic heterocycles. The average molecular weight is 547 g/mol. The summed E-state index contributed by atoms with van der Waals surface area (Å²) in [5, 5.41) is 11.7. The van der Waals surface area contributed by atoms with Crippen molar-refractivity contribution in [1.29, 1.82) is 0 Å². The lowest BCUT2D eigenvalue weighted by molar-refractivity contribution is 0.318. The SMILES string of the molecule is CCNC(=NCc1noc(C(C)(C)C)n1)NC1CCCN(c2ccccc2Cl)C1.I. The van der Waals surface area contributed by atoms with E-state index in [1.54, 1.807) is 0 Å². The third kappa shape index (κ3) is 6.73. The van der Waals surface area contributed by atoms with Crippen LogP contribution in [0.3, 0.4) is 0 Å². The van der Waals surface area contributed by atoms with Gasteiger partial charge in [-0.2, -0.15) is 4.98 Å². The molecule has 166 valence electrons. The number of guanidine groups is 1. The van der Waals surface area contributed by atoms with Gasteiger partial charge in [-0.15, -0.1) is 24.0 Å². The molecule has 0 saturated carbocycles. The molecule has 30 heavy (non-hydrogen) atoms. The molecule has 0 bridgehead atoms. The van der Waals surface area contributed by atoms with Gasteiger partial charge in [0.25, 0.3) is 0 Å². The molecule has 3 rings (SSSR count). The van der Waals surface area contributed by atoms with E-state index in [4.69, 9.17) is 16.1 Å². The van der Waals surface area contributed by atoms with E-state index in [2.05, 4.69) is 43.7 Å².